The molecule has 2 unspecified atom stereocenters. The first-order chi connectivity index (χ1) is 33.1. The number of aliphatic carboxylic acids is 1. The molecule has 1 aliphatic rings. The molecular weight excluding hydrogens is 923 g/mol. The molecule has 1 aromatic carbocycles. The zero-order valence-electron chi connectivity index (χ0n) is 42.2. The molecular formula is C50H75N7O12S. The average molecular weight is 998 g/mol. The van der Waals surface area contributed by atoms with Gasteiger partial charge in [0.2, 0.25) is 23.6 Å². The third-order valence-electron chi connectivity index (χ3n) is 12.6. The van der Waals surface area contributed by atoms with Crippen LogP contribution in [-0.4, -0.2) is 130 Å². The molecule has 0 radical (unpaired) electrons. The number of phenolic OH excluding ortho intramolecular Hbond substituents is 1. The number of benzene rings is 1. The molecule has 5 amide bonds. The molecule has 8 atom stereocenters. The number of phenols is 1. The summed E-state index contributed by atoms with van der Waals surface area (Å²) < 4.78 is 11.1. The number of ether oxygens (including phenoxy) is 2. The van der Waals surface area contributed by atoms with Crippen LogP contribution < -0.4 is 21.3 Å². The number of thiazole rings is 1. The fraction of sp³-hybridized carbons (Fsp3) is 0.620. The minimum atomic E-state index is -1.17. The number of carboxylic acids is 1. The maximum absolute atomic E-state index is 14.3. The van der Waals surface area contributed by atoms with Crippen molar-refractivity contribution >= 4 is 64.5 Å². The number of carboxylic acid groups (broad SMARTS) is 1. The predicted molar refractivity (Wildman–Crippen MR) is 265 cm³/mol. The number of carbonyl (C=O) groups is 8. The molecule has 2 aromatic rings. The van der Waals surface area contributed by atoms with E-state index in [9.17, 15) is 43.5 Å². The number of hydrogen-bond acceptors (Lipinski definition) is 14. The Hall–Kier alpha value is -5.89. The number of aromatic hydroxyl groups is 1. The van der Waals surface area contributed by atoms with Crippen molar-refractivity contribution in [2.24, 2.45) is 23.7 Å². The third-order valence-corrected chi connectivity index (χ3v) is 13.6. The van der Waals surface area contributed by atoms with Gasteiger partial charge in [0.05, 0.1) is 30.2 Å². The van der Waals surface area contributed by atoms with E-state index in [0.29, 0.717) is 23.4 Å². The number of likely N-dealkylation sites (N-methyl/N-ethyl adjacent to an activating group) is 2. The first-order valence-electron chi connectivity index (χ1n) is 24.2. The van der Waals surface area contributed by atoms with E-state index >= 15 is 0 Å². The Morgan fingerprint density at radius 1 is 1.03 bits per heavy atom. The van der Waals surface area contributed by atoms with Crippen molar-refractivity contribution in [3.05, 3.63) is 52.5 Å². The van der Waals surface area contributed by atoms with Crippen molar-refractivity contribution in [2.45, 2.75) is 143 Å². The molecule has 1 fully saturated rings. The zero-order valence-corrected chi connectivity index (χ0v) is 43.0. The summed E-state index contributed by atoms with van der Waals surface area (Å²) in [5.41, 5.74) is 0.729. The van der Waals surface area contributed by atoms with E-state index in [1.54, 1.807) is 37.9 Å². The highest BCUT2D eigenvalue weighted by molar-refractivity contribution is 7.09. The molecule has 19 nitrogen and oxygen atoms in total. The van der Waals surface area contributed by atoms with Crippen LogP contribution in [-0.2, 0) is 49.5 Å². The smallest absolute Gasteiger partial charge is 0.310 e. The molecule has 3 rings (SSSR count). The van der Waals surface area contributed by atoms with Crippen molar-refractivity contribution in [1.82, 2.24) is 30.7 Å². The van der Waals surface area contributed by atoms with Crippen molar-refractivity contribution in [1.29, 1.82) is 0 Å². The van der Waals surface area contributed by atoms with E-state index < -0.39 is 71.7 Å². The maximum atomic E-state index is 14.3. The average Bonchev–Trinajstić information content (AvgIpc) is 3.81. The van der Waals surface area contributed by atoms with Gasteiger partial charge in [0, 0.05) is 57.2 Å². The molecule has 1 saturated heterocycles. The van der Waals surface area contributed by atoms with Crippen LogP contribution in [0.1, 0.15) is 133 Å². The topological polar surface area (TPSA) is 263 Å². The molecule has 0 bridgehead atoms. The van der Waals surface area contributed by atoms with Gasteiger partial charge in [-0.25, -0.2) is 4.98 Å². The number of hydrogen-bond donors (Lipinski definition) is 6. The highest BCUT2D eigenvalue weighted by Crippen LogP contribution is 2.32. The van der Waals surface area contributed by atoms with E-state index in [1.807, 2.05) is 39.6 Å². The number of amides is 5. The van der Waals surface area contributed by atoms with Gasteiger partial charge in [0.25, 0.3) is 5.91 Å². The Morgan fingerprint density at radius 3 is 2.36 bits per heavy atom. The predicted octanol–water partition coefficient (Wildman–Crippen LogP) is 5.38. The first-order valence-corrected chi connectivity index (χ1v) is 25.1. The summed E-state index contributed by atoms with van der Waals surface area (Å²) in [4.78, 5) is 112. The molecule has 6 N–H and O–H groups in total. The van der Waals surface area contributed by atoms with E-state index in [-0.39, 0.29) is 98.5 Å². The van der Waals surface area contributed by atoms with Crippen molar-refractivity contribution < 1.29 is 58.0 Å². The van der Waals surface area contributed by atoms with Crippen molar-refractivity contribution in [3.8, 4) is 5.75 Å². The normalized spacial score (nSPS) is 16.8. The highest BCUT2D eigenvalue weighted by atomic mass is 32.1. The van der Waals surface area contributed by atoms with Crippen LogP contribution in [0.4, 0.5) is 5.69 Å². The number of piperidine rings is 1. The van der Waals surface area contributed by atoms with Crippen LogP contribution in [0.5, 0.6) is 5.75 Å². The third kappa shape index (κ3) is 18.1. The largest absolute Gasteiger partial charge is 0.506 e. The number of anilines is 1. The van der Waals surface area contributed by atoms with Crippen LogP contribution in [0.15, 0.2) is 36.2 Å². The Morgan fingerprint density at radius 2 is 1.74 bits per heavy atom. The fourth-order valence-electron chi connectivity index (χ4n) is 8.35. The summed E-state index contributed by atoms with van der Waals surface area (Å²) in [7, 11) is 3.61. The Labute approximate surface area is 415 Å². The summed E-state index contributed by atoms with van der Waals surface area (Å²) in [6, 6.07) is 2.32. The molecule has 0 saturated carbocycles. The van der Waals surface area contributed by atoms with E-state index in [1.165, 1.54) is 24.4 Å². The second-order valence-corrected chi connectivity index (χ2v) is 19.4. The lowest BCUT2D eigenvalue weighted by Crippen LogP contribution is -2.58. The number of aromatic nitrogens is 1. The van der Waals surface area contributed by atoms with Gasteiger partial charge in [-0.1, -0.05) is 59.6 Å². The Kier molecular flexibility index (Phi) is 23.9. The number of likely N-dealkylation sites (tertiary alicyclic amines) is 1. The van der Waals surface area contributed by atoms with Crippen LogP contribution in [0.25, 0.3) is 0 Å². The first kappa shape index (κ1) is 58.4. The number of carbonyl (C=O) groups excluding carboxylic acids is 7. The Bertz CT molecular complexity index is 2130. The molecule has 1 aromatic heterocycles. The quantitative estimate of drug-likeness (QED) is 0.0271. The number of nitrogens with zero attached hydrogens (tertiary/aromatic N) is 3. The van der Waals surface area contributed by atoms with Gasteiger partial charge in [-0.2, -0.15) is 0 Å². The van der Waals surface area contributed by atoms with Gasteiger partial charge in [-0.05, 0) is 82.2 Å². The molecule has 20 heteroatoms. The second kappa shape index (κ2) is 28.7. The number of nitrogens with one attached hydrogen (secondary N) is 4. The summed E-state index contributed by atoms with van der Waals surface area (Å²) in [6.45, 7) is 17.0. The lowest BCUT2D eigenvalue weighted by molar-refractivity contribution is -0.149. The zero-order chi connectivity index (χ0) is 52.2. The fourth-order valence-corrected chi connectivity index (χ4v) is 9.19. The monoisotopic (exact) mass is 998 g/mol. The minimum absolute atomic E-state index is 0.0265. The summed E-state index contributed by atoms with van der Waals surface area (Å²) >= 11 is 1.12. The summed E-state index contributed by atoms with van der Waals surface area (Å²) in [5, 5.41) is 32.9. The summed E-state index contributed by atoms with van der Waals surface area (Å²) in [6.07, 6.45) is 3.94. The van der Waals surface area contributed by atoms with E-state index in [4.69, 9.17) is 14.6 Å². The molecule has 0 spiro atoms. The Balaban J connectivity index is 1.80. The molecule has 2 heterocycles. The van der Waals surface area contributed by atoms with Crippen molar-refractivity contribution in [2.75, 3.05) is 39.1 Å². The van der Waals surface area contributed by atoms with Gasteiger partial charge in [0.1, 0.15) is 22.5 Å². The van der Waals surface area contributed by atoms with Gasteiger partial charge < -0.3 is 45.9 Å². The SMILES string of the molecule is C=CC(CC(=O)NCCCC(=O)Nc1cc(C[C@@H](CC(C)C(=O)OCC)NC(=O)c2csc([C@@H](C[C@H](C(C)C)N(C)C(=O)[C@@H](NC(=O)[C@H]3CCCCN3C)[C@@H](C)CC)OC(C)=O)n2)ccc1O)C(=O)O. The van der Waals surface area contributed by atoms with Crippen LogP contribution in [0, 0.1) is 23.7 Å². The van der Waals surface area contributed by atoms with Crippen LogP contribution in [0.2, 0.25) is 0 Å². The lowest BCUT2D eigenvalue weighted by atomic mass is 9.92. The van der Waals surface area contributed by atoms with Gasteiger partial charge in [0.15, 0.2) is 6.10 Å². The minimum Gasteiger partial charge on any atom is -0.506 e. The molecule has 0 aliphatic carbocycles. The number of rotatable bonds is 28. The molecule has 1 aliphatic heterocycles. The summed E-state index contributed by atoms with van der Waals surface area (Å²) in [5.74, 6) is -6.34. The molecule has 70 heavy (non-hydrogen) atoms. The van der Waals surface area contributed by atoms with Crippen LogP contribution in [0.3, 0.4) is 0 Å². The second-order valence-electron chi connectivity index (χ2n) is 18.5. The standard InChI is InChI=1S/C50H75N7O12S/c1-11-30(6)44(55-46(63)38-17-14-15-22-56(38)9)48(64)57(10)39(29(4)5)27-41(69-32(8)58)47-54-37(28-70-47)45(62)52-35(23-31(7)50(67)68-13-3)24-33-19-20-40(59)36(25-33)53-42(60)18-16-21-51-43(61)26-34(12-2)49(65)66/h12,19-20,25,28-31,34-35,38-39,41,44,59H,2,11,13-18,21-24,26-27H2,1,3-10H3,(H,51,61)(H,52,62)(H,53,60)(H,55,63)(H,65,66)/t30-,31?,34?,35+,38+,39+,41+,44-/m0/s1. The van der Waals surface area contributed by atoms with E-state index in [0.717, 1.165) is 30.7 Å². The maximum Gasteiger partial charge on any atom is 0.310 e. The van der Waals surface area contributed by atoms with E-state index in [2.05, 4.69) is 32.8 Å². The van der Waals surface area contributed by atoms with Gasteiger partial charge >= 0.3 is 17.9 Å². The van der Waals surface area contributed by atoms with Gasteiger partial charge in [-0.3, -0.25) is 43.3 Å². The lowest BCUT2D eigenvalue weighted by Gasteiger charge is -2.38. The van der Waals surface area contributed by atoms with Crippen LogP contribution >= 0.6 is 11.3 Å². The number of esters is 2. The van der Waals surface area contributed by atoms with Crippen molar-refractivity contribution in [3.63, 3.8) is 0 Å². The molecule has 388 valence electrons. The van der Waals surface area contributed by atoms with Gasteiger partial charge in [-0.15, -0.1) is 17.9 Å². The highest BCUT2D eigenvalue weighted by Gasteiger charge is 2.37.